The van der Waals surface area contributed by atoms with Gasteiger partial charge in [-0.1, -0.05) is 22.0 Å². The van der Waals surface area contributed by atoms with Crippen molar-refractivity contribution in [1.29, 1.82) is 0 Å². The fraction of sp³-hybridized carbons (Fsp3) is 0.370. The van der Waals surface area contributed by atoms with Crippen molar-refractivity contribution in [3.05, 3.63) is 63.3 Å². The lowest BCUT2D eigenvalue weighted by Gasteiger charge is -2.37. The van der Waals surface area contributed by atoms with E-state index in [-0.39, 0.29) is 11.7 Å². The summed E-state index contributed by atoms with van der Waals surface area (Å²) in [6, 6.07) is 11.3. The van der Waals surface area contributed by atoms with Crippen LogP contribution in [0.3, 0.4) is 0 Å². The molecule has 0 radical (unpaired) electrons. The maximum Gasteiger partial charge on any atom is 0.315 e. The van der Waals surface area contributed by atoms with Gasteiger partial charge >= 0.3 is 5.97 Å². The standard InChI is InChI=1S/C27H28BrNO6/c1-14-24(27(31)35-5)25(18-13-17(28)7-9-21(18)32-2)26-19(29-14)10-16(11-20(26)30)15-6-8-22(33-3)23(12-15)34-4/h6-9,12-13,16,24-25H,10-11H2,1-5H3/t16-,24?,25+/m0/s1. The lowest BCUT2D eigenvalue weighted by Crippen LogP contribution is -2.38. The number of aliphatic imine (C=N–C) groups is 1. The van der Waals surface area contributed by atoms with Gasteiger partial charge in [-0.2, -0.15) is 0 Å². The van der Waals surface area contributed by atoms with Crippen molar-refractivity contribution in [2.45, 2.75) is 31.6 Å². The van der Waals surface area contributed by atoms with Crippen molar-refractivity contribution >= 4 is 33.4 Å². The highest BCUT2D eigenvalue weighted by molar-refractivity contribution is 9.10. The Bertz CT molecular complexity index is 1230. The number of esters is 1. The number of rotatable bonds is 6. The molecule has 0 amide bonds. The number of ether oxygens (including phenoxy) is 4. The minimum atomic E-state index is -0.719. The predicted octanol–water partition coefficient (Wildman–Crippen LogP) is 5.22. The highest BCUT2D eigenvalue weighted by Gasteiger charge is 2.45. The van der Waals surface area contributed by atoms with Gasteiger partial charge in [-0.25, -0.2) is 0 Å². The normalized spacial score (nSPS) is 21.7. The zero-order valence-corrected chi connectivity index (χ0v) is 22.0. The largest absolute Gasteiger partial charge is 0.496 e. The Kier molecular flexibility index (Phi) is 7.31. The van der Waals surface area contributed by atoms with E-state index in [9.17, 15) is 9.59 Å². The van der Waals surface area contributed by atoms with Crippen molar-refractivity contribution < 1.29 is 28.5 Å². The van der Waals surface area contributed by atoms with E-state index in [0.717, 1.165) is 15.6 Å². The van der Waals surface area contributed by atoms with Crippen LogP contribution in [-0.2, 0) is 14.3 Å². The molecule has 1 aliphatic heterocycles. The lowest BCUT2D eigenvalue weighted by atomic mass is 9.69. The third-order valence-electron chi connectivity index (χ3n) is 6.75. The van der Waals surface area contributed by atoms with Gasteiger partial charge in [0.15, 0.2) is 17.3 Å². The molecular formula is C27H28BrNO6. The van der Waals surface area contributed by atoms with E-state index in [2.05, 4.69) is 15.9 Å². The molecule has 7 nitrogen and oxygen atoms in total. The third-order valence-corrected chi connectivity index (χ3v) is 7.24. The van der Waals surface area contributed by atoms with Crippen molar-refractivity contribution in [2.24, 2.45) is 10.9 Å². The Hall–Kier alpha value is -3.13. The van der Waals surface area contributed by atoms with Gasteiger partial charge in [-0.3, -0.25) is 14.6 Å². The summed E-state index contributed by atoms with van der Waals surface area (Å²) < 4.78 is 22.4. The summed E-state index contributed by atoms with van der Waals surface area (Å²) in [5.41, 5.74) is 3.59. The highest BCUT2D eigenvalue weighted by Crippen LogP contribution is 2.49. The highest BCUT2D eigenvalue weighted by atomic mass is 79.9. The summed E-state index contributed by atoms with van der Waals surface area (Å²) >= 11 is 3.52. The zero-order chi connectivity index (χ0) is 25.3. The van der Waals surface area contributed by atoms with Gasteiger partial charge in [0.2, 0.25) is 0 Å². The fourth-order valence-electron chi connectivity index (χ4n) is 5.12. The average molecular weight is 542 g/mol. The van der Waals surface area contributed by atoms with E-state index in [4.69, 9.17) is 23.9 Å². The minimum absolute atomic E-state index is 0.0387. The lowest BCUT2D eigenvalue weighted by molar-refractivity contribution is -0.143. The number of ketones is 1. The molecule has 35 heavy (non-hydrogen) atoms. The molecule has 0 saturated heterocycles. The summed E-state index contributed by atoms with van der Waals surface area (Å²) in [6.45, 7) is 1.81. The third kappa shape index (κ3) is 4.59. The van der Waals surface area contributed by atoms with Gasteiger partial charge in [0.1, 0.15) is 11.7 Å². The molecule has 3 atom stereocenters. The molecule has 8 heteroatoms. The first-order chi connectivity index (χ1) is 16.8. The number of benzene rings is 2. The number of carbonyl (C=O) groups is 2. The van der Waals surface area contributed by atoms with Gasteiger partial charge in [-0.15, -0.1) is 0 Å². The summed E-state index contributed by atoms with van der Waals surface area (Å²) in [4.78, 5) is 31.4. The maximum atomic E-state index is 13.7. The van der Waals surface area contributed by atoms with E-state index < -0.39 is 17.8 Å². The second-order valence-electron chi connectivity index (χ2n) is 8.62. The second kappa shape index (κ2) is 10.2. The molecule has 2 aromatic rings. The molecule has 4 rings (SSSR count). The Morgan fingerprint density at radius 2 is 1.63 bits per heavy atom. The van der Waals surface area contributed by atoms with Gasteiger partial charge in [-0.05, 0) is 55.2 Å². The van der Waals surface area contributed by atoms with Crippen LogP contribution >= 0.6 is 15.9 Å². The molecule has 0 spiro atoms. The van der Waals surface area contributed by atoms with Gasteiger partial charge in [0.25, 0.3) is 0 Å². The summed E-state index contributed by atoms with van der Waals surface area (Å²) in [5.74, 6) is 0.0315. The van der Waals surface area contributed by atoms with Crippen LogP contribution in [-0.4, -0.2) is 45.9 Å². The molecular weight excluding hydrogens is 514 g/mol. The summed E-state index contributed by atoms with van der Waals surface area (Å²) in [6.07, 6.45) is 0.859. The van der Waals surface area contributed by atoms with Gasteiger partial charge in [0.05, 0.1) is 28.4 Å². The molecule has 0 aromatic heterocycles. The summed E-state index contributed by atoms with van der Waals surface area (Å²) in [5, 5.41) is 0. The topological polar surface area (TPSA) is 83.4 Å². The Morgan fingerprint density at radius 1 is 0.943 bits per heavy atom. The molecule has 0 bridgehead atoms. The molecule has 0 fully saturated rings. The number of Topliss-reactive ketones (excluding diaryl/α,β-unsaturated/α-hetero) is 1. The Morgan fingerprint density at radius 3 is 2.29 bits per heavy atom. The first-order valence-electron chi connectivity index (χ1n) is 11.3. The molecule has 2 aromatic carbocycles. The zero-order valence-electron chi connectivity index (χ0n) is 20.4. The number of hydrogen-bond donors (Lipinski definition) is 0. The smallest absolute Gasteiger partial charge is 0.315 e. The average Bonchev–Trinajstić information content (AvgIpc) is 2.86. The molecule has 1 aliphatic carbocycles. The van der Waals surface area contributed by atoms with E-state index in [0.29, 0.717) is 47.1 Å². The van der Waals surface area contributed by atoms with Crippen LogP contribution in [0, 0.1) is 5.92 Å². The van der Waals surface area contributed by atoms with Crippen LogP contribution in [0.2, 0.25) is 0 Å². The molecule has 0 N–H and O–H groups in total. The van der Waals surface area contributed by atoms with E-state index in [1.54, 1.807) is 21.3 Å². The molecule has 0 saturated carbocycles. The van der Waals surface area contributed by atoms with Crippen molar-refractivity contribution in [3.63, 3.8) is 0 Å². The van der Waals surface area contributed by atoms with E-state index in [1.165, 1.54) is 7.11 Å². The molecule has 184 valence electrons. The van der Waals surface area contributed by atoms with Crippen molar-refractivity contribution in [1.82, 2.24) is 0 Å². The quantitative estimate of drug-likeness (QED) is 0.466. The van der Waals surface area contributed by atoms with Crippen molar-refractivity contribution in [2.75, 3.05) is 28.4 Å². The monoisotopic (exact) mass is 541 g/mol. The van der Waals surface area contributed by atoms with Crippen LogP contribution in [0.5, 0.6) is 17.2 Å². The summed E-state index contributed by atoms with van der Waals surface area (Å²) in [7, 11) is 6.11. The number of nitrogens with zero attached hydrogens (tertiary/aromatic N) is 1. The van der Waals surface area contributed by atoms with Crippen LogP contribution < -0.4 is 14.2 Å². The van der Waals surface area contributed by atoms with Crippen molar-refractivity contribution in [3.8, 4) is 17.2 Å². The molecule has 2 aliphatic rings. The molecule has 1 unspecified atom stereocenters. The van der Waals surface area contributed by atoms with Gasteiger partial charge in [0, 0.05) is 39.4 Å². The number of hydrogen-bond acceptors (Lipinski definition) is 7. The van der Waals surface area contributed by atoms with Gasteiger partial charge < -0.3 is 18.9 Å². The van der Waals surface area contributed by atoms with Crippen LogP contribution in [0.1, 0.15) is 42.7 Å². The number of allylic oxidation sites excluding steroid dienone is 2. The van der Waals surface area contributed by atoms with E-state index >= 15 is 0 Å². The predicted molar refractivity (Wildman–Crippen MR) is 136 cm³/mol. The first-order valence-corrected chi connectivity index (χ1v) is 12.1. The fourth-order valence-corrected chi connectivity index (χ4v) is 5.50. The first kappa shape index (κ1) is 25.0. The van der Waals surface area contributed by atoms with E-state index in [1.807, 2.05) is 43.3 Å². The molecule has 1 heterocycles. The number of carbonyl (C=O) groups excluding carboxylic acids is 2. The number of methoxy groups -OCH3 is 4. The SMILES string of the molecule is COC(=O)C1C(C)=NC2=C(C(=O)C[C@@H](c3ccc(OC)c(OC)c3)C2)[C@@H]1c1cc(Br)ccc1OC. The minimum Gasteiger partial charge on any atom is -0.496 e. The second-order valence-corrected chi connectivity index (χ2v) is 9.54. The van der Waals surface area contributed by atoms with Crippen LogP contribution in [0.15, 0.2) is 57.1 Å². The Balaban J connectivity index is 1.83. The maximum absolute atomic E-state index is 13.7. The van der Waals surface area contributed by atoms with Crippen LogP contribution in [0.25, 0.3) is 0 Å². The van der Waals surface area contributed by atoms with Crippen LogP contribution in [0.4, 0.5) is 0 Å². The Labute approximate surface area is 213 Å². The number of halogens is 1.